The van der Waals surface area contributed by atoms with Crippen LogP contribution in [0.2, 0.25) is 0 Å². The highest BCUT2D eigenvalue weighted by Gasteiger charge is 2.15. The van der Waals surface area contributed by atoms with Crippen LogP contribution in [0.15, 0.2) is 31.0 Å². The van der Waals surface area contributed by atoms with Crippen LogP contribution in [-0.4, -0.2) is 38.4 Å². The van der Waals surface area contributed by atoms with Gasteiger partial charge in [0.15, 0.2) is 0 Å². The third kappa shape index (κ3) is 3.63. The van der Waals surface area contributed by atoms with Gasteiger partial charge in [0.1, 0.15) is 5.69 Å². The molecule has 21 heavy (non-hydrogen) atoms. The molecule has 0 unspecified atom stereocenters. The van der Waals surface area contributed by atoms with Gasteiger partial charge >= 0.3 is 0 Å². The van der Waals surface area contributed by atoms with Crippen molar-refractivity contribution in [2.75, 3.05) is 11.9 Å². The van der Waals surface area contributed by atoms with Gasteiger partial charge in [0, 0.05) is 25.2 Å². The Balaban J connectivity index is 1.58. The molecule has 2 aromatic heterocycles. The average molecular weight is 287 g/mol. The summed E-state index contributed by atoms with van der Waals surface area (Å²) in [5.41, 5.74) is 0.919. The molecule has 1 saturated heterocycles. The summed E-state index contributed by atoms with van der Waals surface area (Å²) in [7, 11) is 0. The highest BCUT2D eigenvalue weighted by Crippen LogP contribution is 2.15. The van der Waals surface area contributed by atoms with Gasteiger partial charge in [-0.1, -0.05) is 0 Å². The van der Waals surface area contributed by atoms with Crippen LogP contribution < -0.4 is 5.32 Å². The van der Waals surface area contributed by atoms with Crippen molar-refractivity contribution in [1.29, 1.82) is 0 Å². The third-order valence-corrected chi connectivity index (χ3v) is 3.35. The van der Waals surface area contributed by atoms with Crippen molar-refractivity contribution in [3.8, 4) is 0 Å². The van der Waals surface area contributed by atoms with Gasteiger partial charge in [-0.3, -0.25) is 14.5 Å². The Morgan fingerprint density at radius 3 is 3.10 bits per heavy atom. The Labute approximate surface area is 122 Å². The fourth-order valence-electron chi connectivity index (χ4n) is 2.30. The second-order valence-electron chi connectivity index (χ2n) is 4.98. The lowest BCUT2D eigenvalue weighted by Gasteiger charge is -2.22. The molecule has 0 spiro atoms. The number of carbonyl (C=O) groups excluding carboxylic acids is 1. The van der Waals surface area contributed by atoms with Crippen molar-refractivity contribution in [3.63, 3.8) is 0 Å². The van der Waals surface area contributed by atoms with Gasteiger partial charge in [-0.2, -0.15) is 5.10 Å². The zero-order valence-electron chi connectivity index (χ0n) is 11.6. The van der Waals surface area contributed by atoms with Crippen LogP contribution in [0.25, 0.3) is 0 Å². The lowest BCUT2D eigenvalue weighted by atomic mass is 10.1. The van der Waals surface area contributed by atoms with Gasteiger partial charge in [-0.05, 0) is 19.3 Å². The van der Waals surface area contributed by atoms with E-state index in [-0.39, 0.29) is 17.7 Å². The van der Waals surface area contributed by atoms with Crippen LogP contribution in [0.5, 0.6) is 0 Å². The molecule has 0 aromatic carbocycles. The molecule has 1 aliphatic heterocycles. The number of hydrogen-bond acceptors (Lipinski definition) is 5. The Bertz CT molecular complexity index is 592. The van der Waals surface area contributed by atoms with Crippen LogP contribution in [0.1, 0.15) is 29.8 Å². The molecule has 1 fully saturated rings. The van der Waals surface area contributed by atoms with E-state index < -0.39 is 0 Å². The van der Waals surface area contributed by atoms with Gasteiger partial charge in [0.2, 0.25) is 0 Å². The number of ether oxygens (including phenoxy) is 1. The van der Waals surface area contributed by atoms with E-state index >= 15 is 0 Å². The van der Waals surface area contributed by atoms with Gasteiger partial charge in [0.25, 0.3) is 5.91 Å². The molecule has 0 bridgehead atoms. The highest BCUT2D eigenvalue weighted by molar-refractivity contribution is 6.02. The summed E-state index contributed by atoms with van der Waals surface area (Å²) >= 11 is 0. The summed E-state index contributed by atoms with van der Waals surface area (Å²) in [5, 5.41) is 6.99. The number of nitrogens with zero attached hydrogens (tertiary/aromatic N) is 4. The summed E-state index contributed by atoms with van der Waals surface area (Å²) in [4.78, 5) is 19.8. The van der Waals surface area contributed by atoms with Gasteiger partial charge < -0.3 is 10.1 Å². The molecule has 0 aliphatic carbocycles. The van der Waals surface area contributed by atoms with E-state index in [0.717, 1.165) is 19.4 Å². The Hall–Kier alpha value is -2.28. The first kappa shape index (κ1) is 13.7. The largest absolute Gasteiger partial charge is 0.376 e. The van der Waals surface area contributed by atoms with Gasteiger partial charge in [0.05, 0.1) is 30.7 Å². The van der Waals surface area contributed by atoms with Crippen molar-refractivity contribution in [2.45, 2.75) is 31.9 Å². The topological polar surface area (TPSA) is 81.9 Å². The van der Waals surface area contributed by atoms with E-state index in [1.165, 1.54) is 25.0 Å². The van der Waals surface area contributed by atoms with Crippen molar-refractivity contribution < 1.29 is 9.53 Å². The summed E-state index contributed by atoms with van der Waals surface area (Å²) < 4.78 is 7.47. The van der Waals surface area contributed by atoms with E-state index in [9.17, 15) is 4.79 Å². The molecule has 3 heterocycles. The molecule has 1 N–H and O–H groups in total. The molecule has 0 radical (unpaired) electrons. The minimum atomic E-state index is -0.295. The quantitative estimate of drug-likeness (QED) is 0.921. The number of nitrogens with one attached hydrogen (secondary N) is 1. The Kier molecular flexibility index (Phi) is 4.20. The van der Waals surface area contributed by atoms with Crippen LogP contribution >= 0.6 is 0 Å². The SMILES string of the molecule is O=C(Nc1cnn(C[C@@H]2CCCCO2)c1)c1cnccn1. The minimum Gasteiger partial charge on any atom is -0.376 e. The smallest absolute Gasteiger partial charge is 0.275 e. The summed E-state index contributed by atoms with van der Waals surface area (Å²) in [6.45, 7) is 1.53. The Morgan fingerprint density at radius 1 is 1.38 bits per heavy atom. The van der Waals surface area contributed by atoms with E-state index in [1.54, 1.807) is 17.1 Å². The predicted octanol–water partition coefficient (Wildman–Crippen LogP) is 1.49. The maximum Gasteiger partial charge on any atom is 0.275 e. The second-order valence-corrected chi connectivity index (χ2v) is 4.98. The van der Waals surface area contributed by atoms with E-state index in [2.05, 4.69) is 20.4 Å². The van der Waals surface area contributed by atoms with Crippen molar-refractivity contribution in [3.05, 3.63) is 36.7 Å². The summed E-state index contributed by atoms with van der Waals surface area (Å²) in [5.74, 6) is -0.295. The monoisotopic (exact) mass is 287 g/mol. The van der Waals surface area contributed by atoms with Crippen molar-refractivity contribution in [2.24, 2.45) is 0 Å². The number of carbonyl (C=O) groups is 1. The number of rotatable bonds is 4. The molecule has 2 aromatic rings. The summed E-state index contributed by atoms with van der Waals surface area (Å²) in [6.07, 6.45) is 11.5. The van der Waals surface area contributed by atoms with Crippen LogP contribution in [0.4, 0.5) is 5.69 Å². The minimum absolute atomic E-state index is 0.210. The molecule has 0 saturated carbocycles. The van der Waals surface area contributed by atoms with E-state index in [4.69, 9.17) is 4.74 Å². The van der Waals surface area contributed by atoms with Crippen molar-refractivity contribution >= 4 is 11.6 Å². The molecular weight excluding hydrogens is 270 g/mol. The molecule has 1 amide bonds. The molecule has 110 valence electrons. The number of aromatic nitrogens is 4. The van der Waals surface area contributed by atoms with E-state index in [1.807, 2.05) is 0 Å². The molecule has 3 rings (SSSR count). The average Bonchev–Trinajstić information content (AvgIpc) is 2.96. The van der Waals surface area contributed by atoms with Gasteiger partial charge in [-0.25, -0.2) is 4.98 Å². The standard InChI is InChI=1S/C14H17N5O2/c20-14(13-8-15-4-5-16-13)18-11-7-17-19(9-11)10-12-3-1-2-6-21-12/h4-5,7-9,12H,1-3,6,10H2,(H,18,20)/t12-/m0/s1. The van der Waals surface area contributed by atoms with Gasteiger partial charge in [-0.15, -0.1) is 0 Å². The molecule has 7 heteroatoms. The molecular formula is C14H17N5O2. The summed E-state index contributed by atoms with van der Waals surface area (Å²) in [6, 6.07) is 0. The predicted molar refractivity (Wildman–Crippen MR) is 75.8 cm³/mol. The maximum absolute atomic E-state index is 11.9. The first-order valence-electron chi connectivity index (χ1n) is 7.03. The van der Waals surface area contributed by atoms with Crippen LogP contribution in [0, 0.1) is 0 Å². The number of hydrogen-bond donors (Lipinski definition) is 1. The Morgan fingerprint density at radius 2 is 2.33 bits per heavy atom. The lowest BCUT2D eigenvalue weighted by Crippen LogP contribution is -2.24. The molecule has 1 atom stereocenters. The zero-order chi connectivity index (χ0) is 14.5. The highest BCUT2D eigenvalue weighted by atomic mass is 16.5. The maximum atomic E-state index is 11.9. The third-order valence-electron chi connectivity index (χ3n) is 3.35. The zero-order valence-corrected chi connectivity index (χ0v) is 11.6. The second kappa shape index (κ2) is 6.45. The first-order valence-corrected chi connectivity index (χ1v) is 7.03. The number of anilines is 1. The van der Waals surface area contributed by atoms with E-state index in [0.29, 0.717) is 12.2 Å². The lowest BCUT2D eigenvalue weighted by molar-refractivity contribution is 0.00401. The molecule has 1 aliphatic rings. The van der Waals surface area contributed by atoms with Crippen molar-refractivity contribution in [1.82, 2.24) is 19.7 Å². The normalized spacial score (nSPS) is 18.4. The molecule has 7 nitrogen and oxygen atoms in total. The van der Waals surface area contributed by atoms with Crippen LogP contribution in [0.3, 0.4) is 0 Å². The number of amides is 1. The fraction of sp³-hybridized carbons (Fsp3) is 0.429. The first-order chi connectivity index (χ1) is 10.3. The fourth-order valence-corrected chi connectivity index (χ4v) is 2.30. The van der Waals surface area contributed by atoms with Crippen LogP contribution in [-0.2, 0) is 11.3 Å².